The third-order valence-electron chi connectivity index (χ3n) is 4.25. The Morgan fingerprint density at radius 3 is 2.64 bits per heavy atom. The molecule has 1 aromatic heterocycles. The molecule has 7 heteroatoms. The van der Waals surface area contributed by atoms with Gasteiger partial charge >= 0.3 is 0 Å². The SMILES string of the molecule is CC[Si](C#CC1=CN2c3nccnc3[N-]N2I=C1)(CC)CC. The largest absolute Gasteiger partial charge is 0.437 e. The van der Waals surface area contributed by atoms with Crippen LogP contribution in [0.5, 0.6) is 0 Å². The van der Waals surface area contributed by atoms with Crippen LogP contribution in [0.4, 0.5) is 11.6 Å². The van der Waals surface area contributed by atoms with Crippen molar-refractivity contribution in [2.75, 3.05) is 5.01 Å². The molecule has 22 heavy (non-hydrogen) atoms. The minimum atomic E-state index is -1.40. The fourth-order valence-corrected chi connectivity index (χ4v) is 6.71. The molecule has 3 rings (SSSR count). The van der Waals surface area contributed by atoms with Crippen molar-refractivity contribution in [2.45, 2.75) is 38.9 Å². The number of halogens is 1. The summed E-state index contributed by atoms with van der Waals surface area (Å²) in [7, 11) is -1.40. The third-order valence-corrected chi connectivity index (χ3v) is 11.1. The molecule has 1 aromatic rings. The quantitative estimate of drug-likeness (QED) is 0.318. The summed E-state index contributed by atoms with van der Waals surface area (Å²) in [6.45, 7) is 6.85. The molecule has 0 aliphatic carbocycles. The van der Waals surface area contributed by atoms with E-state index < -0.39 is 8.07 Å². The van der Waals surface area contributed by atoms with E-state index in [1.165, 1.54) is 18.1 Å². The predicted molar refractivity (Wildman–Crippen MR) is 103 cm³/mol. The zero-order valence-electron chi connectivity index (χ0n) is 13.0. The van der Waals surface area contributed by atoms with Crippen LogP contribution < -0.4 is 5.01 Å². The van der Waals surface area contributed by atoms with Gasteiger partial charge in [-0.3, -0.25) is 5.01 Å². The zero-order chi connectivity index (χ0) is 15.6. The molecule has 0 spiro atoms. The zero-order valence-corrected chi connectivity index (χ0v) is 16.2. The summed E-state index contributed by atoms with van der Waals surface area (Å²) in [5.41, 5.74) is 9.24. The Balaban J connectivity index is 1.88. The number of rotatable bonds is 3. The van der Waals surface area contributed by atoms with Crippen molar-refractivity contribution in [3.63, 3.8) is 0 Å². The molecule has 0 radical (unpaired) electrons. The number of hydrogen-bond donors (Lipinski definition) is 0. The highest BCUT2D eigenvalue weighted by Gasteiger charge is 2.25. The molecule has 0 unspecified atom stereocenters. The molecule has 0 N–H and O–H groups in total. The normalized spacial score (nSPS) is 16.7. The molecule has 5 nitrogen and oxygen atoms in total. The van der Waals surface area contributed by atoms with Gasteiger partial charge in [0, 0.05) is 22.0 Å². The first-order valence-electron chi connectivity index (χ1n) is 7.55. The smallest absolute Gasteiger partial charge is 0.147 e. The van der Waals surface area contributed by atoms with E-state index in [-0.39, 0.29) is 21.0 Å². The van der Waals surface area contributed by atoms with E-state index >= 15 is 0 Å². The highest BCUT2D eigenvalue weighted by molar-refractivity contribution is 14.2. The number of nitrogens with zero attached hydrogens (tertiary/aromatic N) is 5. The van der Waals surface area contributed by atoms with Crippen LogP contribution >= 0.6 is 21.0 Å². The Kier molecular flexibility index (Phi) is 4.61. The van der Waals surface area contributed by atoms with Gasteiger partial charge in [-0.15, -0.1) is 8.88 Å². The summed E-state index contributed by atoms with van der Waals surface area (Å²) >= 11 is -0.348. The number of hydrogen-bond acceptors (Lipinski definition) is 4. The average molecular weight is 424 g/mol. The first-order valence-corrected chi connectivity index (χ1v) is 12.4. The number of allylic oxidation sites excluding steroid dienone is 1. The van der Waals surface area contributed by atoms with Gasteiger partial charge in [0.15, 0.2) is 0 Å². The van der Waals surface area contributed by atoms with Gasteiger partial charge < -0.3 is 10.4 Å². The Labute approximate surface area is 142 Å². The predicted octanol–water partition coefficient (Wildman–Crippen LogP) is 4.07. The highest BCUT2D eigenvalue weighted by Crippen LogP contribution is 2.43. The van der Waals surface area contributed by atoms with E-state index in [0.29, 0.717) is 5.82 Å². The van der Waals surface area contributed by atoms with Crippen LogP contribution in [0.3, 0.4) is 0 Å². The lowest BCUT2D eigenvalue weighted by molar-refractivity contribution is 0.672. The van der Waals surface area contributed by atoms with Crippen molar-refractivity contribution in [3.05, 3.63) is 29.6 Å². The molecule has 0 aromatic carbocycles. The van der Waals surface area contributed by atoms with Crippen LogP contribution in [-0.4, -0.2) is 25.4 Å². The minimum absolute atomic E-state index is 0.348. The highest BCUT2D eigenvalue weighted by atomic mass is 127. The maximum absolute atomic E-state index is 4.48. The van der Waals surface area contributed by atoms with E-state index in [2.05, 4.69) is 51.6 Å². The van der Waals surface area contributed by atoms with E-state index in [1.54, 1.807) is 12.4 Å². The second kappa shape index (κ2) is 6.48. The van der Waals surface area contributed by atoms with Crippen LogP contribution in [0, 0.1) is 11.5 Å². The molecule has 0 fully saturated rings. The monoisotopic (exact) mass is 424 g/mol. The van der Waals surface area contributed by atoms with Crippen molar-refractivity contribution in [2.24, 2.45) is 0 Å². The summed E-state index contributed by atoms with van der Waals surface area (Å²) in [6, 6.07) is 3.69. The second-order valence-electron chi connectivity index (χ2n) is 5.27. The molecular weight excluding hydrogens is 405 g/mol. The Morgan fingerprint density at radius 1 is 1.18 bits per heavy atom. The van der Waals surface area contributed by atoms with Gasteiger partial charge in [0.05, 0.1) is 0 Å². The van der Waals surface area contributed by atoms with E-state index in [0.717, 1.165) is 11.4 Å². The third kappa shape index (κ3) is 2.82. The molecule has 0 atom stereocenters. The van der Waals surface area contributed by atoms with Crippen molar-refractivity contribution >= 4 is 44.7 Å². The fraction of sp³-hybridized carbons (Fsp3) is 0.400. The summed E-state index contributed by atoms with van der Waals surface area (Å²) in [5.74, 6) is 4.95. The van der Waals surface area contributed by atoms with Gasteiger partial charge in [0.1, 0.15) is 13.9 Å². The van der Waals surface area contributed by atoms with Gasteiger partial charge in [-0.1, -0.05) is 32.9 Å². The molecule has 0 saturated heterocycles. The van der Waals surface area contributed by atoms with Crippen molar-refractivity contribution < 1.29 is 0 Å². The second-order valence-corrected chi connectivity index (χ2v) is 12.2. The molecule has 0 amide bonds. The van der Waals surface area contributed by atoms with Crippen LogP contribution in [0.25, 0.3) is 5.43 Å². The lowest BCUT2D eigenvalue weighted by Crippen LogP contribution is -2.30. The van der Waals surface area contributed by atoms with Gasteiger partial charge in [-0.05, 0) is 45.0 Å². The Hall–Kier alpha value is -1.24. The van der Waals surface area contributed by atoms with Crippen molar-refractivity contribution in [1.82, 2.24) is 13.3 Å². The van der Waals surface area contributed by atoms with Gasteiger partial charge in [-0.2, -0.15) is 0 Å². The van der Waals surface area contributed by atoms with Crippen LogP contribution in [-0.2, 0) is 0 Å². The number of aromatic nitrogens is 2. The van der Waals surface area contributed by atoms with Crippen LogP contribution in [0.1, 0.15) is 20.8 Å². The molecule has 3 heterocycles. The summed E-state index contributed by atoms with van der Waals surface area (Å²) < 4.78 is 4.21. The van der Waals surface area contributed by atoms with E-state index in [4.69, 9.17) is 0 Å². The fourth-order valence-electron chi connectivity index (χ4n) is 2.47. The minimum Gasteiger partial charge on any atom is -0.437 e. The average Bonchev–Trinajstić information content (AvgIpc) is 2.95. The summed E-state index contributed by atoms with van der Waals surface area (Å²) in [5, 5.41) is 1.99. The van der Waals surface area contributed by atoms with Crippen molar-refractivity contribution in [1.29, 1.82) is 0 Å². The summed E-state index contributed by atoms with van der Waals surface area (Å²) in [4.78, 5) is 8.65. The maximum atomic E-state index is 4.48. The van der Waals surface area contributed by atoms with Crippen LogP contribution in [0.2, 0.25) is 18.1 Å². The maximum Gasteiger partial charge on any atom is 0.147 e. The van der Waals surface area contributed by atoms with Gasteiger partial charge in [-0.25, -0.2) is 4.98 Å². The Morgan fingerprint density at radius 2 is 1.91 bits per heavy atom. The lowest BCUT2D eigenvalue weighted by atomic mass is 10.3. The molecular formula is C15H19IN5Si-. The van der Waals surface area contributed by atoms with Gasteiger partial charge in [0.25, 0.3) is 0 Å². The first-order chi connectivity index (χ1) is 10.7. The molecule has 0 saturated carbocycles. The van der Waals surface area contributed by atoms with E-state index in [1.807, 2.05) is 14.5 Å². The molecule has 0 bridgehead atoms. The Bertz CT molecular complexity index is 678. The first kappa shape index (κ1) is 15.6. The van der Waals surface area contributed by atoms with Crippen LogP contribution in [0.15, 0.2) is 24.2 Å². The number of fused-ring (bicyclic) bond motifs is 3. The molecule has 2 aliphatic heterocycles. The number of hydrazine groups is 1. The molecule has 2 aliphatic rings. The van der Waals surface area contributed by atoms with Gasteiger partial charge in [0.2, 0.25) is 0 Å². The van der Waals surface area contributed by atoms with Crippen molar-refractivity contribution in [3.8, 4) is 11.5 Å². The van der Waals surface area contributed by atoms with E-state index in [9.17, 15) is 0 Å². The molecule has 116 valence electrons. The number of anilines is 1. The topological polar surface area (TPSA) is 46.4 Å². The lowest BCUT2D eigenvalue weighted by Gasteiger charge is -2.27. The standard InChI is InChI=1S/C15H19IN5Si/c1-4-22(5-2,6-3)10-7-13-11-16-21-19-14-15(20(21)12-13)18-9-8-17-14/h8-9,11-12H,4-6H2,1-3H3/q-1. The summed E-state index contributed by atoms with van der Waals surface area (Å²) in [6.07, 6.45) is 5.43.